The molecule has 1 atom stereocenters. The van der Waals surface area contributed by atoms with Gasteiger partial charge in [0.1, 0.15) is 0 Å². The first-order chi connectivity index (χ1) is 13.2. The Morgan fingerprint density at radius 3 is 2.21 bits per heavy atom. The van der Waals surface area contributed by atoms with Crippen LogP contribution in [-0.2, 0) is 17.5 Å². The van der Waals surface area contributed by atoms with Crippen molar-refractivity contribution in [3.8, 4) is 0 Å². The number of carbonyl (C=O) groups excluding carboxylic acids is 1. The van der Waals surface area contributed by atoms with E-state index in [-0.39, 0.29) is 18.7 Å². The van der Waals surface area contributed by atoms with Crippen LogP contribution in [0.15, 0.2) is 54.6 Å². The molecule has 0 spiro atoms. The molecule has 7 heteroatoms. The predicted octanol–water partition coefficient (Wildman–Crippen LogP) is 4.85. The van der Waals surface area contributed by atoms with Crippen LogP contribution in [0.1, 0.15) is 41.3 Å². The maximum absolute atomic E-state index is 13.3. The molecule has 4 nitrogen and oxygen atoms in total. The average Bonchev–Trinajstić information content (AvgIpc) is 2.66. The Labute approximate surface area is 161 Å². The van der Waals surface area contributed by atoms with Gasteiger partial charge in [-0.3, -0.25) is 9.59 Å². The van der Waals surface area contributed by atoms with Crippen LogP contribution in [0.25, 0.3) is 0 Å². The minimum absolute atomic E-state index is 0.0695. The fourth-order valence-electron chi connectivity index (χ4n) is 3.03. The van der Waals surface area contributed by atoms with Crippen molar-refractivity contribution in [3.63, 3.8) is 0 Å². The molecule has 2 rings (SSSR count). The van der Waals surface area contributed by atoms with Crippen molar-refractivity contribution in [1.29, 1.82) is 0 Å². The summed E-state index contributed by atoms with van der Waals surface area (Å²) in [5, 5.41) is 9.44. The molecule has 0 saturated carbocycles. The Kier molecular flexibility index (Phi) is 7.20. The van der Waals surface area contributed by atoms with E-state index in [2.05, 4.69) is 0 Å². The number of benzene rings is 2. The topological polar surface area (TPSA) is 57.6 Å². The summed E-state index contributed by atoms with van der Waals surface area (Å²) in [4.78, 5) is 25.7. The molecule has 0 saturated heterocycles. The number of amides is 1. The molecule has 2 aromatic carbocycles. The molecule has 0 bridgehead atoms. The minimum Gasteiger partial charge on any atom is -0.481 e. The molecule has 0 aliphatic heterocycles. The second kappa shape index (κ2) is 9.39. The summed E-state index contributed by atoms with van der Waals surface area (Å²) in [5.74, 6) is -2.42. The van der Waals surface area contributed by atoms with Crippen LogP contribution < -0.4 is 0 Å². The zero-order valence-electron chi connectivity index (χ0n) is 15.4. The number of nitrogens with zero attached hydrogens (tertiary/aromatic N) is 1. The van der Waals surface area contributed by atoms with E-state index in [9.17, 15) is 27.9 Å². The van der Waals surface area contributed by atoms with E-state index in [1.807, 2.05) is 6.92 Å². The third-order valence-corrected chi connectivity index (χ3v) is 4.42. The number of halogens is 3. The minimum atomic E-state index is -4.56. The van der Waals surface area contributed by atoms with Crippen molar-refractivity contribution in [2.45, 2.75) is 32.5 Å². The van der Waals surface area contributed by atoms with E-state index in [1.165, 1.54) is 23.1 Å². The van der Waals surface area contributed by atoms with Gasteiger partial charge in [-0.1, -0.05) is 49.7 Å². The first-order valence-electron chi connectivity index (χ1n) is 8.96. The lowest BCUT2D eigenvalue weighted by Gasteiger charge is -2.27. The quantitative estimate of drug-likeness (QED) is 0.698. The second-order valence-electron chi connectivity index (χ2n) is 6.53. The molecular formula is C21H22F3NO3. The van der Waals surface area contributed by atoms with E-state index < -0.39 is 29.5 Å². The number of hydrogen-bond acceptors (Lipinski definition) is 2. The van der Waals surface area contributed by atoms with Gasteiger partial charge in [0, 0.05) is 18.7 Å². The van der Waals surface area contributed by atoms with Gasteiger partial charge >= 0.3 is 12.1 Å². The molecule has 0 heterocycles. The molecule has 1 unspecified atom stereocenters. The summed E-state index contributed by atoms with van der Waals surface area (Å²) in [5.41, 5.74) is -0.601. The van der Waals surface area contributed by atoms with Crippen LogP contribution in [0.4, 0.5) is 13.2 Å². The highest BCUT2D eigenvalue weighted by atomic mass is 19.4. The Morgan fingerprint density at radius 2 is 1.64 bits per heavy atom. The van der Waals surface area contributed by atoms with Gasteiger partial charge in [0.05, 0.1) is 11.5 Å². The molecule has 0 aliphatic rings. The highest BCUT2D eigenvalue weighted by molar-refractivity contribution is 5.94. The number of carboxylic acid groups (broad SMARTS) is 1. The van der Waals surface area contributed by atoms with Crippen molar-refractivity contribution < 1.29 is 27.9 Å². The van der Waals surface area contributed by atoms with Gasteiger partial charge in [-0.25, -0.2) is 0 Å². The summed E-state index contributed by atoms with van der Waals surface area (Å²) < 4.78 is 40.0. The Hall–Kier alpha value is -2.83. The van der Waals surface area contributed by atoms with Crippen LogP contribution in [0.2, 0.25) is 0 Å². The lowest BCUT2D eigenvalue weighted by atomic mass is 10.0. The van der Waals surface area contributed by atoms with Gasteiger partial charge in [0.25, 0.3) is 5.91 Å². The smallest absolute Gasteiger partial charge is 0.416 e. The number of aliphatic carboxylic acids is 1. The van der Waals surface area contributed by atoms with Crippen molar-refractivity contribution in [2.75, 3.05) is 6.54 Å². The van der Waals surface area contributed by atoms with E-state index in [4.69, 9.17) is 0 Å². The summed E-state index contributed by atoms with van der Waals surface area (Å²) in [6, 6.07) is 13.2. The number of rotatable bonds is 8. The zero-order chi connectivity index (χ0) is 20.7. The molecule has 0 fully saturated rings. The van der Waals surface area contributed by atoms with Gasteiger partial charge in [-0.05, 0) is 30.2 Å². The number of alkyl halides is 3. The fraction of sp³-hybridized carbons (Fsp3) is 0.333. The van der Waals surface area contributed by atoms with Gasteiger partial charge in [-0.15, -0.1) is 0 Å². The third-order valence-electron chi connectivity index (χ3n) is 4.42. The van der Waals surface area contributed by atoms with Gasteiger partial charge < -0.3 is 10.0 Å². The monoisotopic (exact) mass is 393 g/mol. The van der Waals surface area contributed by atoms with Crippen molar-refractivity contribution in [1.82, 2.24) is 4.90 Å². The fourth-order valence-corrected chi connectivity index (χ4v) is 3.03. The largest absolute Gasteiger partial charge is 0.481 e. The van der Waals surface area contributed by atoms with E-state index in [0.717, 1.165) is 6.07 Å². The molecule has 0 aliphatic carbocycles. The highest BCUT2D eigenvalue weighted by Crippen LogP contribution is 2.32. The number of carbonyl (C=O) groups is 2. The Bertz CT molecular complexity index is 806. The van der Waals surface area contributed by atoms with Crippen LogP contribution in [0, 0.1) is 5.92 Å². The molecular weight excluding hydrogens is 371 g/mol. The van der Waals surface area contributed by atoms with Crippen LogP contribution in [-0.4, -0.2) is 28.4 Å². The van der Waals surface area contributed by atoms with Gasteiger partial charge in [0.2, 0.25) is 0 Å². The second-order valence-corrected chi connectivity index (χ2v) is 6.53. The van der Waals surface area contributed by atoms with Gasteiger partial charge in [-0.2, -0.15) is 13.2 Å². The lowest BCUT2D eigenvalue weighted by Crippen LogP contribution is -2.38. The van der Waals surface area contributed by atoms with Crippen LogP contribution >= 0.6 is 0 Å². The van der Waals surface area contributed by atoms with Crippen LogP contribution in [0.5, 0.6) is 0 Å². The first-order valence-corrected chi connectivity index (χ1v) is 8.96. The summed E-state index contributed by atoms with van der Waals surface area (Å²) in [6.45, 7) is 1.33. The molecule has 0 aromatic heterocycles. The molecule has 1 N–H and O–H groups in total. The standard InChI is InChI=1S/C21H22F3NO3/c1-2-8-17(20(27)28)14-25(19(26)15-9-4-3-5-10-15)13-16-11-6-7-12-18(16)21(22,23)24/h3-7,9-12,17H,2,8,13-14H2,1H3,(H,27,28). The maximum Gasteiger partial charge on any atom is 0.416 e. The van der Waals surface area contributed by atoms with Gasteiger partial charge in [0.15, 0.2) is 0 Å². The van der Waals surface area contributed by atoms with Crippen molar-refractivity contribution in [2.24, 2.45) is 5.92 Å². The Balaban J connectivity index is 2.39. The summed E-state index contributed by atoms with van der Waals surface area (Å²) in [7, 11) is 0. The molecule has 2 aromatic rings. The normalized spacial score (nSPS) is 12.4. The third kappa shape index (κ3) is 5.58. The first kappa shape index (κ1) is 21.5. The summed E-state index contributed by atoms with van der Waals surface area (Å²) >= 11 is 0. The Morgan fingerprint density at radius 1 is 1.04 bits per heavy atom. The maximum atomic E-state index is 13.3. The average molecular weight is 393 g/mol. The summed E-state index contributed by atoms with van der Waals surface area (Å²) in [6.07, 6.45) is -3.65. The SMILES string of the molecule is CCCC(CN(Cc1ccccc1C(F)(F)F)C(=O)c1ccccc1)C(=O)O. The number of hydrogen-bond donors (Lipinski definition) is 1. The molecule has 150 valence electrons. The van der Waals surface area contributed by atoms with E-state index in [1.54, 1.807) is 30.3 Å². The van der Waals surface area contributed by atoms with Crippen molar-refractivity contribution in [3.05, 3.63) is 71.3 Å². The van der Waals surface area contributed by atoms with E-state index in [0.29, 0.717) is 18.4 Å². The zero-order valence-corrected chi connectivity index (χ0v) is 15.4. The van der Waals surface area contributed by atoms with Crippen molar-refractivity contribution >= 4 is 11.9 Å². The molecule has 0 radical (unpaired) electrons. The predicted molar refractivity (Wildman–Crippen MR) is 98.7 cm³/mol. The lowest BCUT2D eigenvalue weighted by molar-refractivity contribution is -0.143. The van der Waals surface area contributed by atoms with E-state index >= 15 is 0 Å². The van der Waals surface area contributed by atoms with Crippen LogP contribution in [0.3, 0.4) is 0 Å². The molecule has 1 amide bonds. The molecule has 28 heavy (non-hydrogen) atoms. The number of carboxylic acids is 1. The highest BCUT2D eigenvalue weighted by Gasteiger charge is 2.34.